The molecule has 28 heavy (non-hydrogen) atoms. The second-order valence-corrected chi connectivity index (χ2v) is 5.77. The predicted molar refractivity (Wildman–Crippen MR) is 96.4 cm³/mol. The number of pyridine rings is 1. The minimum atomic E-state index is -1.31. The molecule has 2 heterocycles. The monoisotopic (exact) mass is 388 g/mol. The van der Waals surface area contributed by atoms with E-state index >= 15 is 0 Å². The van der Waals surface area contributed by atoms with Gasteiger partial charge in [0.25, 0.3) is 5.91 Å². The number of amides is 1. The molecule has 7 nitrogen and oxygen atoms in total. The highest BCUT2D eigenvalue weighted by atomic mass is 19.2. The van der Waals surface area contributed by atoms with E-state index in [4.69, 9.17) is 5.73 Å². The zero-order valence-corrected chi connectivity index (χ0v) is 14.6. The van der Waals surface area contributed by atoms with Crippen molar-refractivity contribution in [3.05, 3.63) is 71.1 Å². The molecular weight excluding hydrogens is 373 g/mol. The third kappa shape index (κ3) is 4.17. The van der Waals surface area contributed by atoms with E-state index in [2.05, 4.69) is 25.6 Å². The van der Waals surface area contributed by atoms with Gasteiger partial charge in [0.1, 0.15) is 23.3 Å². The number of primary amides is 1. The third-order valence-corrected chi connectivity index (χ3v) is 3.80. The summed E-state index contributed by atoms with van der Waals surface area (Å²) >= 11 is 0. The Morgan fingerprint density at radius 1 is 1.11 bits per heavy atom. The van der Waals surface area contributed by atoms with Crippen molar-refractivity contribution in [1.29, 1.82) is 0 Å². The molecule has 0 saturated heterocycles. The second-order valence-electron chi connectivity index (χ2n) is 5.77. The molecule has 3 aromatic rings. The fraction of sp³-hybridized carbons (Fsp3) is 0.111. The lowest BCUT2D eigenvalue weighted by Crippen LogP contribution is -2.16. The van der Waals surface area contributed by atoms with E-state index in [0.29, 0.717) is 23.5 Å². The number of benzene rings is 1. The zero-order chi connectivity index (χ0) is 20.3. The van der Waals surface area contributed by atoms with E-state index in [0.717, 1.165) is 6.07 Å². The number of carbonyl (C=O) groups excluding carboxylic acids is 1. The van der Waals surface area contributed by atoms with Crippen LogP contribution >= 0.6 is 0 Å². The van der Waals surface area contributed by atoms with Crippen LogP contribution in [0.2, 0.25) is 0 Å². The maximum atomic E-state index is 13.8. The van der Waals surface area contributed by atoms with E-state index in [9.17, 15) is 18.0 Å². The van der Waals surface area contributed by atoms with Gasteiger partial charge in [-0.25, -0.2) is 28.1 Å². The summed E-state index contributed by atoms with van der Waals surface area (Å²) in [5, 5.41) is 5.62. The van der Waals surface area contributed by atoms with E-state index in [1.54, 1.807) is 19.2 Å². The van der Waals surface area contributed by atoms with E-state index in [-0.39, 0.29) is 11.3 Å². The fourth-order valence-electron chi connectivity index (χ4n) is 2.44. The van der Waals surface area contributed by atoms with Crippen LogP contribution in [0.5, 0.6) is 0 Å². The molecule has 0 spiro atoms. The van der Waals surface area contributed by atoms with Crippen molar-refractivity contribution >= 4 is 23.2 Å². The number of nitrogens with one attached hydrogen (secondary N) is 2. The Morgan fingerprint density at radius 3 is 2.57 bits per heavy atom. The van der Waals surface area contributed by atoms with Crippen molar-refractivity contribution in [2.24, 2.45) is 5.73 Å². The highest BCUT2D eigenvalue weighted by Gasteiger charge is 2.16. The Labute approximate surface area is 157 Å². The lowest BCUT2D eigenvalue weighted by Gasteiger charge is -2.13. The van der Waals surface area contributed by atoms with Gasteiger partial charge in [0.15, 0.2) is 11.6 Å². The molecule has 0 fully saturated rings. The topological polar surface area (TPSA) is 106 Å². The first-order chi connectivity index (χ1) is 13.3. The van der Waals surface area contributed by atoms with Crippen LogP contribution in [0.25, 0.3) is 0 Å². The smallest absolute Gasteiger partial charge is 0.252 e. The molecule has 2 aromatic heterocycles. The Bertz CT molecular complexity index is 1040. The normalized spacial score (nSPS) is 10.6. The summed E-state index contributed by atoms with van der Waals surface area (Å²) in [6.45, 7) is 1.30. The van der Waals surface area contributed by atoms with Gasteiger partial charge >= 0.3 is 0 Å². The Hall–Kier alpha value is -3.69. The molecule has 1 aromatic carbocycles. The Kier molecular flexibility index (Phi) is 5.39. The van der Waals surface area contributed by atoms with Crippen molar-refractivity contribution in [1.82, 2.24) is 15.0 Å². The quantitative estimate of drug-likeness (QED) is 0.561. The predicted octanol–water partition coefficient (Wildman–Crippen LogP) is 3.05. The molecular formula is C18H15F3N6O. The lowest BCUT2D eigenvalue weighted by atomic mass is 10.1. The summed E-state index contributed by atoms with van der Waals surface area (Å²) in [6.07, 6.45) is 2.76. The molecule has 4 N–H and O–H groups in total. The summed E-state index contributed by atoms with van der Waals surface area (Å²) in [6, 6.07) is 4.55. The van der Waals surface area contributed by atoms with Gasteiger partial charge in [-0.15, -0.1) is 0 Å². The van der Waals surface area contributed by atoms with Gasteiger partial charge < -0.3 is 16.4 Å². The van der Waals surface area contributed by atoms with Crippen LogP contribution in [0.15, 0.2) is 36.7 Å². The molecule has 0 aliphatic rings. The van der Waals surface area contributed by atoms with Crippen LogP contribution in [0.4, 0.5) is 30.5 Å². The number of aromatic nitrogens is 3. The summed E-state index contributed by atoms with van der Waals surface area (Å²) in [4.78, 5) is 23.8. The molecule has 1 amide bonds. The summed E-state index contributed by atoms with van der Waals surface area (Å²) in [5.41, 5.74) is 4.98. The first kappa shape index (κ1) is 19.1. The van der Waals surface area contributed by atoms with Gasteiger partial charge in [-0.1, -0.05) is 0 Å². The molecule has 10 heteroatoms. The number of hydrogen-bond acceptors (Lipinski definition) is 6. The highest BCUT2D eigenvalue weighted by Crippen LogP contribution is 2.23. The average Bonchev–Trinajstić information content (AvgIpc) is 2.65. The first-order valence-electron chi connectivity index (χ1n) is 8.08. The number of nitrogens with two attached hydrogens (primary N) is 1. The number of halogens is 3. The van der Waals surface area contributed by atoms with Crippen molar-refractivity contribution in [2.75, 3.05) is 10.6 Å². The number of carbonyl (C=O) groups is 1. The number of aryl methyl sites for hydroxylation is 1. The molecule has 0 aliphatic heterocycles. The minimum absolute atomic E-state index is 0.00152. The molecule has 0 aliphatic carbocycles. The Morgan fingerprint density at radius 2 is 1.86 bits per heavy atom. The maximum Gasteiger partial charge on any atom is 0.252 e. The SMILES string of the molecule is Cc1nccc(Nc2cc(NCc3c(F)ccc(F)c3F)c(C(N)=O)cn2)n1. The molecule has 0 bridgehead atoms. The molecule has 0 radical (unpaired) electrons. The molecule has 0 unspecified atom stereocenters. The van der Waals surface area contributed by atoms with Crippen LogP contribution in [0, 0.1) is 24.4 Å². The van der Waals surface area contributed by atoms with E-state index in [1.807, 2.05) is 0 Å². The van der Waals surface area contributed by atoms with E-state index < -0.39 is 35.5 Å². The molecule has 0 atom stereocenters. The lowest BCUT2D eigenvalue weighted by molar-refractivity contribution is 0.100. The summed E-state index contributed by atoms with van der Waals surface area (Å²) in [5.74, 6) is -2.91. The van der Waals surface area contributed by atoms with Crippen molar-refractivity contribution in [3.8, 4) is 0 Å². The van der Waals surface area contributed by atoms with E-state index in [1.165, 1.54) is 12.3 Å². The van der Waals surface area contributed by atoms with Crippen molar-refractivity contribution in [3.63, 3.8) is 0 Å². The second kappa shape index (κ2) is 7.91. The molecule has 144 valence electrons. The minimum Gasteiger partial charge on any atom is -0.380 e. The number of rotatable bonds is 6. The number of nitrogens with zero attached hydrogens (tertiary/aromatic N) is 3. The van der Waals surface area contributed by atoms with Gasteiger partial charge in [0.05, 0.1) is 11.3 Å². The van der Waals surface area contributed by atoms with Gasteiger partial charge in [-0.3, -0.25) is 4.79 Å². The third-order valence-electron chi connectivity index (χ3n) is 3.80. The molecule has 3 rings (SSSR count). The van der Waals surface area contributed by atoms with Crippen LogP contribution in [-0.4, -0.2) is 20.9 Å². The van der Waals surface area contributed by atoms with Crippen molar-refractivity contribution in [2.45, 2.75) is 13.5 Å². The molecule has 0 saturated carbocycles. The average molecular weight is 388 g/mol. The fourth-order valence-corrected chi connectivity index (χ4v) is 2.44. The Balaban J connectivity index is 1.88. The van der Waals surface area contributed by atoms with Gasteiger partial charge in [0, 0.05) is 30.6 Å². The zero-order valence-electron chi connectivity index (χ0n) is 14.6. The maximum absolute atomic E-state index is 13.8. The van der Waals surface area contributed by atoms with Crippen LogP contribution < -0.4 is 16.4 Å². The van der Waals surface area contributed by atoms with Crippen LogP contribution in [0.3, 0.4) is 0 Å². The number of hydrogen-bond donors (Lipinski definition) is 3. The van der Waals surface area contributed by atoms with Gasteiger partial charge in [0.2, 0.25) is 0 Å². The summed E-state index contributed by atoms with van der Waals surface area (Å²) in [7, 11) is 0. The number of anilines is 3. The van der Waals surface area contributed by atoms with Crippen LogP contribution in [-0.2, 0) is 6.54 Å². The summed E-state index contributed by atoms with van der Waals surface area (Å²) < 4.78 is 41.0. The standard InChI is InChI=1S/C18H15F3N6O/c1-9-23-5-4-15(26-9)27-16-6-14(11(8-25-16)18(22)28)24-7-10-12(19)2-3-13(20)17(10)21/h2-6,8H,7H2,1H3,(H2,22,28)(H2,23,24,25,26,27). The largest absolute Gasteiger partial charge is 0.380 e. The van der Waals surface area contributed by atoms with Crippen LogP contribution in [0.1, 0.15) is 21.7 Å². The van der Waals surface area contributed by atoms with Gasteiger partial charge in [-0.05, 0) is 25.1 Å². The highest BCUT2D eigenvalue weighted by molar-refractivity contribution is 5.98. The first-order valence-corrected chi connectivity index (χ1v) is 8.08. The van der Waals surface area contributed by atoms with Gasteiger partial charge in [-0.2, -0.15) is 0 Å². The van der Waals surface area contributed by atoms with Crippen molar-refractivity contribution < 1.29 is 18.0 Å².